The number of nitrogens with zero attached hydrogens (tertiary/aromatic N) is 1. The van der Waals surface area contributed by atoms with Crippen LogP contribution in [0.3, 0.4) is 0 Å². The van der Waals surface area contributed by atoms with Crippen LogP contribution in [-0.4, -0.2) is 30.5 Å². The van der Waals surface area contributed by atoms with E-state index in [-0.39, 0.29) is 18.1 Å². The van der Waals surface area contributed by atoms with E-state index in [1.54, 1.807) is 24.3 Å². The van der Waals surface area contributed by atoms with Crippen LogP contribution in [0.15, 0.2) is 54.6 Å². The smallest absolute Gasteiger partial charge is 0.356 e. The molecule has 6 nitrogen and oxygen atoms in total. The number of rotatable bonds is 6. The van der Waals surface area contributed by atoms with Gasteiger partial charge < -0.3 is 15.4 Å². The minimum Gasteiger partial charge on any atom is -0.464 e. The lowest BCUT2D eigenvalue weighted by Gasteiger charge is -2.11. The van der Waals surface area contributed by atoms with Gasteiger partial charge in [-0.1, -0.05) is 41.9 Å². The van der Waals surface area contributed by atoms with E-state index in [1.807, 2.05) is 30.3 Å². The predicted octanol–water partition coefficient (Wildman–Crippen LogP) is 3.40. The molecular weight excluding hydrogens is 366 g/mol. The summed E-state index contributed by atoms with van der Waals surface area (Å²) in [6.07, 6.45) is 0. The number of aromatic nitrogens is 1. The molecule has 2 N–H and O–H groups in total. The Labute approximate surface area is 161 Å². The van der Waals surface area contributed by atoms with Gasteiger partial charge in [-0.2, -0.15) is 0 Å². The molecular formula is C20H18ClN3O3. The number of benzene rings is 2. The van der Waals surface area contributed by atoms with Crippen molar-refractivity contribution in [1.82, 2.24) is 10.3 Å². The largest absolute Gasteiger partial charge is 0.464 e. The van der Waals surface area contributed by atoms with Crippen molar-refractivity contribution in [2.24, 2.45) is 0 Å². The Morgan fingerprint density at radius 1 is 1.11 bits per heavy atom. The summed E-state index contributed by atoms with van der Waals surface area (Å²) in [7, 11) is 1.29. The van der Waals surface area contributed by atoms with Crippen molar-refractivity contribution in [3.8, 4) is 0 Å². The minimum atomic E-state index is -0.562. The van der Waals surface area contributed by atoms with Gasteiger partial charge in [0.15, 0.2) is 5.69 Å². The van der Waals surface area contributed by atoms with Crippen LogP contribution in [0.5, 0.6) is 0 Å². The van der Waals surface area contributed by atoms with E-state index in [0.717, 1.165) is 16.3 Å². The number of amides is 1. The number of nitrogens with one attached hydrogen (secondary N) is 2. The molecule has 27 heavy (non-hydrogen) atoms. The van der Waals surface area contributed by atoms with Crippen molar-refractivity contribution in [3.63, 3.8) is 0 Å². The molecule has 2 aromatic carbocycles. The summed E-state index contributed by atoms with van der Waals surface area (Å²) in [5.41, 5.74) is 1.15. The Bertz CT molecular complexity index is 977. The Kier molecular flexibility index (Phi) is 5.88. The van der Waals surface area contributed by atoms with Crippen molar-refractivity contribution in [1.29, 1.82) is 0 Å². The van der Waals surface area contributed by atoms with Crippen LogP contribution >= 0.6 is 11.6 Å². The summed E-state index contributed by atoms with van der Waals surface area (Å²) >= 11 is 6.04. The zero-order valence-electron chi connectivity index (χ0n) is 14.7. The van der Waals surface area contributed by atoms with Crippen LogP contribution in [0, 0.1) is 0 Å². The molecule has 1 aromatic heterocycles. The molecule has 0 atom stereocenters. The Balaban J connectivity index is 1.75. The van der Waals surface area contributed by atoms with Crippen LogP contribution in [0.25, 0.3) is 10.8 Å². The molecule has 7 heteroatoms. The SMILES string of the molecule is COC(=O)c1cc2cc(Cl)ccc2c(NCC(=O)NCc2ccccc2)n1. The Morgan fingerprint density at radius 3 is 2.63 bits per heavy atom. The highest BCUT2D eigenvalue weighted by atomic mass is 35.5. The maximum absolute atomic E-state index is 12.1. The van der Waals surface area contributed by atoms with Crippen molar-refractivity contribution < 1.29 is 14.3 Å². The second kappa shape index (κ2) is 8.51. The van der Waals surface area contributed by atoms with Crippen molar-refractivity contribution in [2.45, 2.75) is 6.54 Å². The number of carbonyl (C=O) groups is 2. The van der Waals surface area contributed by atoms with E-state index in [4.69, 9.17) is 16.3 Å². The summed E-state index contributed by atoms with van der Waals surface area (Å²) in [6, 6.07) is 16.5. The highest BCUT2D eigenvalue weighted by Gasteiger charge is 2.13. The van der Waals surface area contributed by atoms with Gasteiger partial charge in [0.2, 0.25) is 5.91 Å². The first kappa shape index (κ1) is 18.7. The number of halogens is 1. The fourth-order valence-electron chi connectivity index (χ4n) is 2.60. The zero-order chi connectivity index (χ0) is 19.2. The topological polar surface area (TPSA) is 80.3 Å². The average molecular weight is 384 g/mol. The van der Waals surface area contributed by atoms with Gasteiger partial charge in [0.1, 0.15) is 5.82 Å². The average Bonchev–Trinajstić information content (AvgIpc) is 2.70. The molecule has 0 unspecified atom stereocenters. The second-order valence-corrected chi connectivity index (χ2v) is 6.27. The van der Waals surface area contributed by atoms with E-state index in [2.05, 4.69) is 15.6 Å². The lowest BCUT2D eigenvalue weighted by molar-refractivity contribution is -0.119. The monoisotopic (exact) mass is 383 g/mol. The normalized spacial score (nSPS) is 10.4. The summed E-state index contributed by atoms with van der Waals surface area (Å²) < 4.78 is 4.74. The molecule has 0 saturated carbocycles. The number of hydrogen-bond acceptors (Lipinski definition) is 5. The molecule has 0 saturated heterocycles. The number of carbonyl (C=O) groups excluding carboxylic acids is 2. The number of methoxy groups -OCH3 is 1. The highest BCUT2D eigenvalue weighted by Crippen LogP contribution is 2.26. The molecule has 0 aliphatic carbocycles. The lowest BCUT2D eigenvalue weighted by atomic mass is 10.1. The minimum absolute atomic E-state index is 0.0161. The van der Waals surface area contributed by atoms with E-state index in [0.29, 0.717) is 17.4 Å². The Morgan fingerprint density at radius 2 is 1.89 bits per heavy atom. The maximum Gasteiger partial charge on any atom is 0.356 e. The second-order valence-electron chi connectivity index (χ2n) is 5.83. The molecule has 3 rings (SSSR count). The first-order valence-corrected chi connectivity index (χ1v) is 8.68. The van der Waals surface area contributed by atoms with Crippen LogP contribution in [0.4, 0.5) is 5.82 Å². The van der Waals surface area contributed by atoms with Crippen LogP contribution in [0.2, 0.25) is 5.02 Å². The van der Waals surface area contributed by atoms with Crippen LogP contribution < -0.4 is 10.6 Å². The molecule has 0 fully saturated rings. The fourth-order valence-corrected chi connectivity index (χ4v) is 2.78. The van der Waals surface area contributed by atoms with Crippen LogP contribution in [0.1, 0.15) is 16.1 Å². The number of fused-ring (bicyclic) bond motifs is 1. The molecule has 0 aliphatic rings. The summed E-state index contributed by atoms with van der Waals surface area (Å²) in [5, 5.41) is 7.84. The fraction of sp³-hybridized carbons (Fsp3) is 0.150. The van der Waals surface area contributed by atoms with E-state index >= 15 is 0 Å². The maximum atomic E-state index is 12.1. The predicted molar refractivity (Wildman–Crippen MR) is 105 cm³/mol. The van der Waals surface area contributed by atoms with E-state index in [9.17, 15) is 9.59 Å². The third kappa shape index (κ3) is 4.74. The first-order chi connectivity index (χ1) is 13.1. The number of anilines is 1. The molecule has 0 radical (unpaired) electrons. The lowest BCUT2D eigenvalue weighted by Crippen LogP contribution is -2.29. The summed E-state index contributed by atoms with van der Waals surface area (Å²) in [6.45, 7) is 0.454. The highest BCUT2D eigenvalue weighted by molar-refractivity contribution is 6.31. The van der Waals surface area contributed by atoms with Gasteiger partial charge in [-0.3, -0.25) is 4.79 Å². The van der Waals surface area contributed by atoms with Gasteiger partial charge >= 0.3 is 5.97 Å². The molecule has 1 heterocycles. The quantitative estimate of drug-likeness (QED) is 0.638. The van der Waals surface area contributed by atoms with Crippen molar-refractivity contribution >= 4 is 40.1 Å². The van der Waals surface area contributed by atoms with Gasteiger partial charge in [0.25, 0.3) is 0 Å². The third-order valence-electron chi connectivity index (χ3n) is 3.94. The number of esters is 1. The molecule has 0 spiro atoms. The Hall–Kier alpha value is -3.12. The van der Waals surface area contributed by atoms with E-state index in [1.165, 1.54) is 7.11 Å². The van der Waals surface area contributed by atoms with Gasteiger partial charge in [-0.25, -0.2) is 9.78 Å². The van der Waals surface area contributed by atoms with Crippen molar-refractivity contribution in [3.05, 3.63) is 70.9 Å². The number of pyridine rings is 1. The summed E-state index contributed by atoms with van der Waals surface area (Å²) in [5.74, 6) is -0.334. The zero-order valence-corrected chi connectivity index (χ0v) is 15.4. The number of ether oxygens (including phenoxy) is 1. The van der Waals surface area contributed by atoms with Gasteiger partial charge in [-0.05, 0) is 35.2 Å². The van der Waals surface area contributed by atoms with E-state index < -0.39 is 5.97 Å². The van der Waals surface area contributed by atoms with Gasteiger partial charge in [0.05, 0.1) is 13.7 Å². The molecule has 0 bridgehead atoms. The van der Waals surface area contributed by atoms with Gasteiger partial charge in [0, 0.05) is 17.0 Å². The number of hydrogen-bond donors (Lipinski definition) is 2. The molecule has 0 aliphatic heterocycles. The molecule has 1 amide bonds. The molecule has 3 aromatic rings. The third-order valence-corrected chi connectivity index (χ3v) is 4.17. The standard InChI is InChI=1S/C20H18ClN3O3/c1-27-20(26)17-10-14-9-15(21)7-8-16(14)19(24-17)23-12-18(25)22-11-13-5-3-2-4-6-13/h2-10H,11-12H2,1H3,(H,22,25)(H,23,24). The first-order valence-electron chi connectivity index (χ1n) is 8.30. The van der Waals surface area contributed by atoms with Gasteiger partial charge in [-0.15, -0.1) is 0 Å². The van der Waals surface area contributed by atoms with Crippen molar-refractivity contribution in [2.75, 3.05) is 19.0 Å². The molecule has 138 valence electrons. The summed E-state index contributed by atoms with van der Waals surface area (Å²) in [4.78, 5) is 28.3. The van der Waals surface area contributed by atoms with Crippen LogP contribution in [-0.2, 0) is 16.1 Å².